The van der Waals surface area contributed by atoms with Crippen LogP contribution >= 0.6 is 34.8 Å². The van der Waals surface area contributed by atoms with Gasteiger partial charge in [-0.05, 0) is 176 Å². The molecule has 0 saturated carbocycles. The Morgan fingerprint density at radius 2 is 0.627 bits per heavy atom. The highest BCUT2D eigenvalue weighted by Gasteiger charge is 2.48. The number of pyridine rings is 3. The smallest absolute Gasteiger partial charge is 0.395 e. The summed E-state index contributed by atoms with van der Waals surface area (Å²) in [5, 5.41) is 14.7. The van der Waals surface area contributed by atoms with Crippen LogP contribution in [0.5, 0.6) is 57.5 Å². The van der Waals surface area contributed by atoms with Crippen molar-refractivity contribution in [1.29, 1.82) is 0 Å². The number of alkyl halides is 10. The fourth-order valence-corrected chi connectivity index (χ4v) is 14.0. The van der Waals surface area contributed by atoms with E-state index in [9.17, 15) is 74.6 Å². The number of benzene rings is 8. The molecule has 1 aliphatic carbocycles. The molecule has 5 N–H and O–H groups in total. The molecule has 13 aromatic rings. The number of aryl methyl sites for hydroxylation is 2. The zero-order chi connectivity index (χ0) is 97.1. The predicted octanol–water partition coefficient (Wildman–Crippen LogP) is 25.4. The van der Waals surface area contributed by atoms with Gasteiger partial charge in [0.15, 0.2) is 57.5 Å². The maximum Gasteiger partial charge on any atom is 0.586 e. The van der Waals surface area contributed by atoms with Crippen LogP contribution in [0.1, 0.15) is 57.2 Å². The Morgan fingerprint density at radius 1 is 0.328 bits per heavy atom. The Morgan fingerprint density at radius 3 is 0.978 bits per heavy atom. The van der Waals surface area contributed by atoms with Crippen molar-refractivity contribution in [2.45, 2.75) is 91.6 Å². The molecule has 134 heavy (non-hydrogen) atoms. The van der Waals surface area contributed by atoms with Gasteiger partial charge in [0.2, 0.25) is 0 Å². The van der Waals surface area contributed by atoms with Crippen LogP contribution in [-0.4, -0.2) is 79.5 Å². The van der Waals surface area contributed by atoms with Crippen LogP contribution in [0.25, 0.3) is 55.9 Å². The first-order valence-electron chi connectivity index (χ1n) is 40.7. The van der Waals surface area contributed by atoms with Crippen molar-refractivity contribution in [2.24, 2.45) is 5.92 Å². The minimum absolute atomic E-state index is 0.0237. The van der Waals surface area contributed by atoms with E-state index >= 15 is 0 Å². The Bertz CT molecular complexity index is 6500. The minimum atomic E-state index is -3.76. The average molecular weight is 1930 g/mol. The number of nitrogens with one attached hydrogen (secondary N) is 5. The van der Waals surface area contributed by atoms with Gasteiger partial charge in [-0.2, -0.15) is 0 Å². The van der Waals surface area contributed by atoms with E-state index in [1.165, 1.54) is 128 Å². The molecule has 0 atom stereocenters. The fourth-order valence-electron chi connectivity index (χ4n) is 13.3. The maximum absolute atomic E-state index is 13.9. The zero-order valence-electron chi connectivity index (χ0n) is 71.2. The highest BCUT2D eigenvalue weighted by molar-refractivity contribution is 6.34. The Labute approximate surface area is 766 Å². The third-order valence-corrected chi connectivity index (χ3v) is 20.6. The summed E-state index contributed by atoms with van der Waals surface area (Å²) in [5.41, 5.74) is 5.93. The molecule has 5 aromatic heterocycles. The van der Waals surface area contributed by atoms with Crippen LogP contribution in [0, 0.1) is 54.7 Å². The van der Waals surface area contributed by atoms with Crippen LogP contribution < -0.4 is 74.0 Å². The maximum atomic E-state index is 13.9. The first-order chi connectivity index (χ1) is 64.4. The van der Waals surface area contributed by atoms with Gasteiger partial charge in [-0.15, -0.1) is 43.9 Å². The first-order valence-corrected chi connectivity index (χ1v) is 40.8. The van der Waals surface area contributed by atoms with Gasteiger partial charge in [0, 0.05) is 125 Å². The van der Waals surface area contributed by atoms with E-state index in [2.05, 4.69) is 123 Å². The summed E-state index contributed by atoms with van der Waals surface area (Å²) in [6.07, 6.45) is -3.57. The van der Waals surface area contributed by atoms with E-state index < -0.39 is 78.4 Å². The normalized spacial score (nSPS) is 15.3. The first kappa shape index (κ1) is 91.4. The molecule has 6 aliphatic rings. The van der Waals surface area contributed by atoms with E-state index in [1.807, 2.05) is 18.2 Å². The molecular formula is C92H66Cl3F17N12O10. The lowest BCUT2D eigenvalue weighted by Crippen LogP contribution is -2.25. The van der Waals surface area contributed by atoms with Crippen molar-refractivity contribution >= 4 is 63.9 Å². The van der Waals surface area contributed by atoms with E-state index in [1.54, 1.807) is 44.3 Å². The van der Waals surface area contributed by atoms with Crippen molar-refractivity contribution in [3.63, 3.8) is 0 Å². The zero-order valence-corrected chi connectivity index (χ0v) is 71.5. The molecule has 19 rings (SSSR count). The lowest BCUT2D eigenvalue weighted by molar-refractivity contribution is -0.287. The molecule has 8 aromatic carbocycles. The van der Waals surface area contributed by atoms with Crippen molar-refractivity contribution in [1.82, 2.24) is 34.9 Å². The van der Waals surface area contributed by atoms with Crippen molar-refractivity contribution in [3.05, 3.63) is 296 Å². The Hall–Kier alpha value is -14.5. The molecule has 0 radical (unpaired) electrons. The molecule has 0 spiro atoms. The van der Waals surface area contributed by atoms with Gasteiger partial charge in [-0.25, -0.2) is 55.7 Å². The lowest BCUT2D eigenvalue weighted by Gasteiger charge is -2.11. The average Bonchev–Trinajstić information content (AvgIpc) is 1.48. The third kappa shape index (κ3) is 23.0. The molecule has 694 valence electrons. The summed E-state index contributed by atoms with van der Waals surface area (Å²) in [6.45, 7) is 5.98. The van der Waals surface area contributed by atoms with Gasteiger partial charge in [0.1, 0.15) is 69.8 Å². The molecule has 0 saturated heterocycles. The summed E-state index contributed by atoms with van der Waals surface area (Å²) in [7, 11) is 0. The summed E-state index contributed by atoms with van der Waals surface area (Å²) in [6, 6.07) is 33.8. The van der Waals surface area contributed by atoms with Crippen LogP contribution in [-0.2, 0) is 19.6 Å². The highest BCUT2D eigenvalue weighted by Crippen LogP contribution is 2.51. The van der Waals surface area contributed by atoms with Crippen LogP contribution in [0.4, 0.5) is 104 Å². The monoisotopic (exact) mass is 1930 g/mol. The van der Waals surface area contributed by atoms with Crippen molar-refractivity contribution in [2.75, 3.05) is 39.7 Å². The second-order valence-electron chi connectivity index (χ2n) is 29.7. The minimum Gasteiger partial charge on any atom is -0.395 e. The highest BCUT2D eigenvalue weighted by atomic mass is 35.5. The molecule has 5 aliphatic heterocycles. The summed E-state index contributed by atoms with van der Waals surface area (Å²) >= 11 is 18.4. The molecule has 42 heteroatoms. The molecular weight excluding hydrogens is 1860 g/mol. The van der Waals surface area contributed by atoms with Crippen LogP contribution in [0.15, 0.2) is 219 Å². The number of fused-ring (bicyclic) bond motifs is 5. The lowest BCUT2D eigenvalue weighted by atomic mass is 10.0. The fraction of sp³-hybridized carbons (Fsp3) is 0.185. The number of ether oxygens (including phenoxy) is 10. The Kier molecular flexibility index (Phi) is 26.7. The second kappa shape index (κ2) is 39.1. The predicted molar refractivity (Wildman–Crippen MR) is 459 cm³/mol. The topological polar surface area (TPSA) is 243 Å². The SMILES string of the molecule is CC(C)CNc1ccc(-c2cc3c(cc2Cl)OC(F)(F)O3)cn1.Cc1cc2c(cc1-c1ccc(NCc3c(F)cccc3F)nc1)OC(F)(F)O2.FC1=CCCC=C1CNc1cnc(-c2cc3c(cc2Cl)OC(F)(F)O3)cn1.Fc1cccc(F)c1CNc1cnc(-c2cc3c(cc2Cl)OC(F)(F)O3)cn1.[2H]C([2H])(Nc1ccc(-c2cc3c(cc2C)OC(F)(F)O3)cn1)c1c(F)cccc1F. The van der Waals surface area contributed by atoms with Crippen LogP contribution in [0.2, 0.25) is 15.1 Å². The van der Waals surface area contributed by atoms with Gasteiger partial charge in [0.05, 0.1) is 54.0 Å². The number of hydrogen-bond donors (Lipinski definition) is 5. The van der Waals surface area contributed by atoms with E-state index in [-0.39, 0.29) is 126 Å². The summed E-state index contributed by atoms with van der Waals surface area (Å²) < 4.78 is 288. The second-order valence-corrected chi connectivity index (χ2v) is 30.9. The Balaban J connectivity index is 0.000000130. The van der Waals surface area contributed by atoms with Gasteiger partial charge >= 0.3 is 31.5 Å². The van der Waals surface area contributed by atoms with Crippen molar-refractivity contribution < 1.29 is 125 Å². The van der Waals surface area contributed by atoms with Gasteiger partial charge in [0.25, 0.3) is 0 Å². The third-order valence-electron chi connectivity index (χ3n) is 19.7. The van der Waals surface area contributed by atoms with Gasteiger partial charge in [-0.1, -0.05) is 72.9 Å². The standard InChI is InChI=1S/2C20H14F4N2O2.C18H10ClF4N3O2.C18H13ClF3N3O2.C16H15ClF2N2O2/c2*1-11-7-17-18(28-20(23,24)27-17)8-13(11)12-5-6-19(25-9-12)26-10-14-15(21)3-2-4-16(14)22;19-11-5-16-15(27-18(22,23)28-16)4-9(11)14-7-26-17(8-24-14)25-6-10-12(20)2-1-3-13(10)21;19-12-6-16-15(26-18(21,22)27-16)5-11(12)14-8-25-17(9-23-14)24-7-10-3-1-2-4-13(10)20;1-9(2)7-20-15-4-3-10(8-21-15)11-5-13-14(6-12(11)17)23-16(18,19)22-13/h2*2-9H,10H2,1H3,(H,25,26);1-5,7-8H,6H2,(H,25,26);3-6,8-9H,1-2,7H2,(H,24,25);3-6,8-9H,7H2,1-2H3,(H,20,21)/i10D2;;;;. The number of halogens is 20. The van der Waals surface area contributed by atoms with Gasteiger partial charge < -0.3 is 74.0 Å². The van der Waals surface area contributed by atoms with E-state index in [4.69, 9.17) is 37.5 Å². The van der Waals surface area contributed by atoms with E-state index in [0.717, 1.165) is 49.1 Å². The number of hydrogen-bond acceptors (Lipinski definition) is 22. The number of anilines is 5. The molecule has 0 amide bonds. The molecule has 10 heterocycles. The van der Waals surface area contributed by atoms with E-state index in [0.29, 0.717) is 90.9 Å². The molecule has 22 nitrogen and oxygen atoms in total. The van der Waals surface area contributed by atoms with Crippen molar-refractivity contribution in [3.8, 4) is 113 Å². The number of aromatic nitrogens is 7. The number of allylic oxidation sites excluding steroid dienone is 2. The van der Waals surface area contributed by atoms with Crippen LogP contribution in [0.3, 0.4) is 0 Å². The largest absolute Gasteiger partial charge is 0.586 e. The quantitative estimate of drug-likeness (QED) is 0.0445. The number of rotatable bonds is 20. The summed E-state index contributed by atoms with van der Waals surface area (Å²) in [5.74, 6) is -3.58. The summed E-state index contributed by atoms with van der Waals surface area (Å²) in [4.78, 5) is 29.3. The van der Waals surface area contributed by atoms with Gasteiger partial charge in [-0.3, -0.25) is 9.97 Å². The number of nitrogens with zero attached hydrogens (tertiary/aromatic N) is 7. The molecule has 0 unspecified atom stereocenters. The molecule has 0 fully saturated rings. The molecule has 0 bridgehead atoms.